The van der Waals surface area contributed by atoms with Crippen LogP contribution in [0.2, 0.25) is 0 Å². The Bertz CT molecular complexity index is 214. The number of hydrogen-bond acceptors (Lipinski definition) is 4. The Kier molecular flexibility index (Phi) is 6.41. The van der Waals surface area contributed by atoms with Crippen molar-refractivity contribution in [2.24, 2.45) is 0 Å². The number of likely N-dealkylation sites (N-methyl/N-ethyl adjacent to an activating group) is 1. The lowest BCUT2D eigenvalue weighted by atomic mass is 10.1. The first kappa shape index (κ1) is 14.3. The fourth-order valence-corrected chi connectivity index (χ4v) is 2.75. The third-order valence-corrected chi connectivity index (χ3v) is 3.94. The molecule has 0 aromatic carbocycles. The molecule has 2 heterocycles. The first-order valence-corrected chi connectivity index (χ1v) is 7.46. The van der Waals surface area contributed by atoms with Crippen LogP contribution in [0, 0.1) is 0 Å². The van der Waals surface area contributed by atoms with Crippen LogP contribution in [0.15, 0.2) is 0 Å². The van der Waals surface area contributed by atoms with E-state index >= 15 is 0 Å². The van der Waals surface area contributed by atoms with Gasteiger partial charge in [0, 0.05) is 45.5 Å². The standard InChI is InChI=1S/C14H28N2O2/c1-16(12-14-4-2-3-9-18-14)8-7-15-13-5-10-17-11-6-13/h13-15H,2-12H2,1H3. The molecule has 4 nitrogen and oxygen atoms in total. The van der Waals surface area contributed by atoms with Crippen molar-refractivity contribution >= 4 is 0 Å². The van der Waals surface area contributed by atoms with E-state index in [0.717, 1.165) is 52.3 Å². The molecule has 0 amide bonds. The number of ether oxygens (including phenoxy) is 2. The van der Waals surface area contributed by atoms with E-state index in [9.17, 15) is 0 Å². The fourth-order valence-electron chi connectivity index (χ4n) is 2.75. The molecule has 0 aliphatic carbocycles. The molecule has 0 bridgehead atoms. The Labute approximate surface area is 111 Å². The van der Waals surface area contributed by atoms with E-state index in [0.29, 0.717) is 12.1 Å². The van der Waals surface area contributed by atoms with E-state index in [1.54, 1.807) is 0 Å². The van der Waals surface area contributed by atoms with E-state index in [1.165, 1.54) is 19.3 Å². The average molecular weight is 256 g/mol. The van der Waals surface area contributed by atoms with Crippen LogP contribution in [-0.2, 0) is 9.47 Å². The minimum atomic E-state index is 0.465. The highest BCUT2D eigenvalue weighted by atomic mass is 16.5. The molecule has 2 aliphatic rings. The third kappa shape index (κ3) is 5.22. The predicted molar refractivity (Wildman–Crippen MR) is 72.9 cm³/mol. The lowest BCUT2D eigenvalue weighted by Crippen LogP contribution is -2.41. The van der Waals surface area contributed by atoms with Gasteiger partial charge in [0.25, 0.3) is 0 Å². The Morgan fingerprint density at radius 3 is 2.67 bits per heavy atom. The van der Waals surface area contributed by atoms with Crippen LogP contribution in [0.25, 0.3) is 0 Å². The monoisotopic (exact) mass is 256 g/mol. The van der Waals surface area contributed by atoms with Crippen molar-refractivity contribution in [3.8, 4) is 0 Å². The van der Waals surface area contributed by atoms with Gasteiger partial charge < -0.3 is 19.7 Å². The molecule has 106 valence electrons. The fraction of sp³-hybridized carbons (Fsp3) is 1.00. The zero-order valence-electron chi connectivity index (χ0n) is 11.7. The molecule has 0 aromatic rings. The summed E-state index contributed by atoms with van der Waals surface area (Å²) in [5.41, 5.74) is 0. The largest absolute Gasteiger partial charge is 0.381 e. The van der Waals surface area contributed by atoms with E-state index in [2.05, 4.69) is 17.3 Å². The third-order valence-electron chi connectivity index (χ3n) is 3.94. The lowest BCUT2D eigenvalue weighted by Gasteiger charge is -2.28. The molecule has 1 atom stereocenters. The number of nitrogens with zero attached hydrogens (tertiary/aromatic N) is 1. The summed E-state index contributed by atoms with van der Waals surface area (Å²) in [5, 5.41) is 3.63. The predicted octanol–water partition coefficient (Wildman–Crippen LogP) is 1.26. The quantitative estimate of drug-likeness (QED) is 0.775. The Hall–Kier alpha value is -0.160. The van der Waals surface area contributed by atoms with Crippen molar-refractivity contribution in [2.45, 2.75) is 44.2 Å². The second-order valence-electron chi connectivity index (χ2n) is 5.59. The molecule has 2 rings (SSSR count). The molecule has 1 unspecified atom stereocenters. The molecule has 2 saturated heterocycles. The molecule has 1 N–H and O–H groups in total. The Morgan fingerprint density at radius 1 is 1.11 bits per heavy atom. The Morgan fingerprint density at radius 2 is 1.94 bits per heavy atom. The highest BCUT2D eigenvalue weighted by Crippen LogP contribution is 2.13. The highest BCUT2D eigenvalue weighted by molar-refractivity contribution is 4.72. The maximum atomic E-state index is 5.77. The summed E-state index contributed by atoms with van der Waals surface area (Å²) in [6, 6.07) is 0.665. The molecule has 0 aromatic heterocycles. The number of hydrogen-bond donors (Lipinski definition) is 1. The number of nitrogens with one attached hydrogen (secondary N) is 1. The molecular formula is C14H28N2O2. The second kappa shape index (κ2) is 8.10. The van der Waals surface area contributed by atoms with E-state index in [-0.39, 0.29) is 0 Å². The summed E-state index contributed by atoms with van der Waals surface area (Å²) in [5.74, 6) is 0. The summed E-state index contributed by atoms with van der Waals surface area (Å²) in [4.78, 5) is 2.39. The molecular weight excluding hydrogens is 228 g/mol. The van der Waals surface area contributed by atoms with Gasteiger partial charge in [-0.15, -0.1) is 0 Å². The molecule has 0 saturated carbocycles. The van der Waals surface area contributed by atoms with Gasteiger partial charge in [-0.3, -0.25) is 0 Å². The lowest BCUT2D eigenvalue weighted by molar-refractivity contribution is -0.00148. The maximum Gasteiger partial charge on any atom is 0.0701 e. The molecule has 0 spiro atoms. The van der Waals surface area contributed by atoms with Crippen LogP contribution in [0.3, 0.4) is 0 Å². The number of rotatable bonds is 6. The Balaban J connectivity index is 1.52. The van der Waals surface area contributed by atoms with Gasteiger partial charge in [-0.05, 0) is 39.2 Å². The van der Waals surface area contributed by atoms with E-state index in [4.69, 9.17) is 9.47 Å². The first-order chi connectivity index (χ1) is 8.84. The van der Waals surface area contributed by atoms with Crippen LogP contribution in [-0.4, -0.2) is 63.5 Å². The topological polar surface area (TPSA) is 33.7 Å². The smallest absolute Gasteiger partial charge is 0.0701 e. The van der Waals surface area contributed by atoms with Gasteiger partial charge in [0.1, 0.15) is 0 Å². The van der Waals surface area contributed by atoms with Crippen LogP contribution >= 0.6 is 0 Å². The van der Waals surface area contributed by atoms with E-state index in [1.807, 2.05) is 0 Å². The van der Waals surface area contributed by atoms with Gasteiger partial charge in [-0.1, -0.05) is 0 Å². The first-order valence-electron chi connectivity index (χ1n) is 7.46. The second-order valence-corrected chi connectivity index (χ2v) is 5.59. The van der Waals surface area contributed by atoms with Crippen molar-refractivity contribution in [2.75, 3.05) is 46.5 Å². The van der Waals surface area contributed by atoms with Gasteiger partial charge >= 0.3 is 0 Å². The van der Waals surface area contributed by atoms with E-state index < -0.39 is 0 Å². The van der Waals surface area contributed by atoms with Gasteiger partial charge in [0.05, 0.1) is 6.10 Å². The maximum absolute atomic E-state index is 5.77. The van der Waals surface area contributed by atoms with Crippen molar-refractivity contribution in [3.05, 3.63) is 0 Å². The SMILES string of the molecule is CN(CCNC1CCOCC1)CC1CCCCO1. The van der Waals surface area contributed by atoms with Crippen molar-refractivity contribution in [3.63, 3.8) is 0 Å². The summed E-state index contributed by atoms with van der Waals surface area (Å²) < 4.78 is 11.1. The van der Waals surface area contributed by atoms with Crippen LogP contribution in [0.4, 0.5) is 0 Å². The van der Waals surface area contributed by atoms with Crippen molar-refractivity contribution < 1.29 is 9.47 Å². The van der Waals surface area contributed by atoms with Crippen molar-refractivity contribution in [1.29, 1.82) is 0 Å². The average Bonchev–Trinajstić information content (AvgIpc) is 2.41. The summed E-state index contributed by atoms with van der Waals surface area (Å²) in [7, 11) is 2.20. The molecule has 2 fully saturated rings. The van der Waals surface area contributed by atoms with Gasteiger partial charge in [-0.25, -0.2) is 0 Å². The van der Waals surface area contributed by atoms with Gasteiger partial charge in [0.15, 0.2) is 0 Å². The molecule has 18 heavy (non-hydrogen) atoms. The molecule has 2 aliphatic heterocycles. The van der Waals surface area contributed by atoms with Gasteiger partial charge in [-0.2, -0.15) is 0 Å². The minimum Gasteiger partial charge on any atom is -0.381 e. The highest BCUT2D eigenvalue weighted by Gasteiger charge is 2.16. The van der Waals surface area contributed by atoms with Crippen molar-refractivity contribution in [1.82, 2.24) is 10.2 Å². The zero-order valence-corrected chi connectivity index (χ0v) is 11.7. The molecule has 4 heteroatoms. The molecule has 0 radical (unpaired) electrons. The summed E-state index contributed by atoms with van der Waals surface area (Å²) >= 11 is 0. The zero-order chi connectivity index (χ0) is 12.6. The van der Waals surface area contributed by atoms with Crippen LogP contribution in [0.1, 0.15) is 32.1 Å². The van der Waals surface area contributed by atoms with Crippen LogP contribution in [0.5, 0.6) is 0 Å². The van der Waals surface area contributed by atoms with Gasteiger partial charge in [0.2, 0.25) is 0 Å². The summed E-state index contributed by atoms with van der Waals surface area (Å²) in [6.45, 7) is 6.06. The summed E-state index contributed by atoms with van der Waals surface area (Å²) in [6.07, 6.45) is 6.60. The minimum absolute atomic E-state index is 0.465. The van der Waals surface area contributed by atoms with Crippen LogP contribution < -0.4 is 5.32 Å². The normalized spacial score (nSPS) is 26.7.